The molecule has 2 heterocycles. The third-order valence-corrected chi connectivity index (χ3v) is 4.54. The van der Waals surface area contributed by atoms with Gasteiger partial charge in [-0.05, 0) is 48.8 Å². The maximum absolute atomic E-state index is 4.48. The fraction of sp³-hybridized carbons (Fsp3) is 0.529. The third-order valence-electron chi connectivity index (χ3n) is 4.54. The van der Waals surface area contributed by atoms with E-state index < -0.39 is 0 Å². The molecular weight excluding hydrogens is 260 g/mol. The van der Waals surface area contributed by atoms with Crippen LogP contribution in [0.1, 0.15) is 40.0 Å². The molecule has 3 rings (SSSR count). The molecule has 4 nitrogen and oxygen atoms in total. The molecule has 2 aromatic heterocycles. The summed E-state index contributed by atoms with van der Waals surface area (Å²) in [4.78, 5) is 4.48. The quantitative estimate of drug-likeness (QED) is 0.929. The molecule has 0 saturated heterocycles. The van der Waals surface area contributed by atoms with Gasteiger partial charge in [-0.3, -0.25) is 0 Å². The lowest BCUT2D eigenvalue weighted by Crippen LogP contribution is -2.37. The molecule has 1 fully saturated rings. The fourth-order valence-electron chi connectivity index (χ4n) is 3.45. The number of rotatable bonds is 3. The SMILES string of the molecule is CC1CC(C)(C)CCC1Nc1cccnc1-n1cccn1. The van der Waals surface area contributed by atoms with Gasteiger partial charge >= 0.3 is 0 Å². The molecular formula is C17H24N4. The van der Waals surface area contributed by atoms with Crippen molar-refractivity contribution in [2.45, 2.75) is 46.1 Å². The first-order chi connectivity index (χ1) is 10.1. The van der Waals surface area contributed by atoms with E-state index in [1.54, 1.807) is 6.20 Å². The summed E-state index contributed by atoms with van der Waals surface area (Å²) in [5.74, 6) is 1.54. The van der Waals surface area contributed by atoms with E-state index in [9.17, 15) is 0 Å². The third kappa shape index (κ3) is 3.09. The van der Waals surface area contributed by atoms with Crippen LogP contribution in [0, 0.1) is 11.3 Å². The van der Waals surface area contributed by atoms with E-state index in [1.807, 2.05) is 29.2 Å². The molecule has 2 atom stereocenters. The number of hydrogen-bond acceptors (Lipinski definition) is 3. The highest BCUT2D eigenvalue weighted by Crippen LogP contribution is 2.39. The van der Waals surface area contributed by atoms with Gasteiger partial charge in [-0.25, -0.2) is 9.67 Å². The standard InChI is InChI=1S/C17H24N4/c1-13-12-17(2,3)8-7-14(13)20-15-6-4-9-18-16(15)21-11-5-10-19-21/h4-6,9-11,13-14,20H,7-8,12H2,1-3H3. The normalized spacial score (nSPS) is 24.7. The Balaban J connectivity index is 1.80. The zero-order valence-electron chi connectivity index (χ0n) is 13.1. The highest BCUT2D eigenvalue weighted by molar-refractivity contribution is 5.56. The molecule has 4 heteroatoms. The lowest BCUT2D eigenvalue weighted by atomic mass is 9.70. The number of hydrogen-bond donors (Lipinski definition) is 1. The van der Waals surface area contributed by atoms with Gasteiger partial charge in [-0.1, -0.05) is 20.8 Å². The van der Waals surface area contributed by atoms with E-state index in [-0.39, 0.29) is 0 Å². The number of nitrogens with zero attached hydrogens (tertiary/aromatic N) is 3. The summed E-state index contributed by atoms with van der Waals surface area (Å²) < 4.78 is 1.82. The molecule has 0 aromatic carbocycles. The van der Waals surface area contributed by atoms with Crippen molar-refractivity contribution in [1.82, 2.24) is 14.8 Å². The fourth-order valence-corrected chi connectivity index (χ4v) is 3.45. The number of aromatic nitrogens is 3. The Kier molecular flexibility index (Phi) is 3.70. The Morgan fingerprint density at radius 1 is 1.29 bits per heavy atom. The van der Waals surface area contributed by atoms with Crippen LogP contribution in [0.2, 0.25) is 0 Å². The van der Waals surface area contributed by atoms with Crippen LogP contribution in [0.5, 0.6) is 0 Å². The van der Waals surface area contributed by atoms with E-state index in [2.05, 4.69) is 42.2 Å². The topological polar surface area (TPSA) is 42.7 Å². The van der Waals surface area contributed by atoms with E-state index in [1.165, 1.54) is 19.3 Å². The van der Waals surface area contributed by atoms with Gasteiger partial charge in [-0.15, -0.1) is 0 Å². The number of anilines is 1. The Hall–Kier alpha value is -1.84. The highest BCUT2D eigenvalue weighted by atomic mass is 15.3. The molecule has 0 aliphatic heterocycles. The van der Waals surface area contributed by atoms with E-state index in [0.29, 0.717) is 17.4 Å². The van der Waals surface area contributed by atoms with Crippen molar-refractivity contribution in [2.24, 2.45) is 11.3 Å². The second-order valence-electron chi connectivity index (χ2n) is 6.96. The Labute approximate surface area is 126 Å². The highest BCUT2D eigenvalue weighted by Gasteiger charge is 2.32. The Morgan fingerprint density at radius 2 is 2.14 bits per heavy atom. The van der Waals surface area contributed by atoms with E-state index in [0.717, 1.165) is 11.5 Å². The summed E-state index contributed by atoms with van der Waals surface area (Å²) in [6.07, 6.45) is 9.27. The first-order valence-corrected chi connectivity index (χ1v) is 7.77. The van der Waals surface area contributed by atoms with Crippen LogP contribution in [0.3, 0.4) is 0 Å². The molecule has 1 aliphatic rings. The minimum absolute atomic E-state index is 0.470. The van der Waals surface area contributed by atoms with Gasteiger partial charge in [0.15, 0.2) is 5.82 Å². The zero-order chi connectivity index (χ0) is 14.9. The first kappa shape index (κ1) is 14.1. The molecule has 21 heavy (non-hydrogen) atoms. The summed E-state index contributed by atoms with van der Waals surface area (Å²) in [6, 6.07) is 6.50. The van der Waals surface area contributed by atoms with Crippen LogP contribution in [0.25, 0.3) is 5.82 Å². The summed E-state index contributed by atoms with van der Waals surface area (Å²) in [6.45, 7) is 7.10. The number of pyridine rings is 1. The van der Waals surface area contributed by atoms with Gasteiger partial charge in [0.1, 0.15) is 0 Å². The Morgan fingerprint density at radius 3 is 2.86 bits per heavy atom. The summed E-state index contributed by atoms with van der Waals surface area (Å²) in [7, 11) is 0. The average Bonchev–Trinajstić information content (AvgIpc) is 2.96. The molecule has 0 radical (unpaired) electrons. The van der Waals surface area contributed by atoms with Crippen molar-refractivity contribution in [3.8, 4) is 5.82 Å². The van der Waals surface area contributed by atoms with Gasteiger partial charge in [0, 0.05) is 24.6 Å². The summed E-state index contributed by atoms with van der Waals surface area (Å²) in [5.41, 5.74) is 1.54. The van der Waals surface area contributed by atoms with Gasteiger partial charge < -0.3 is 5.32 Å². The van der Waals surface area contributed by atoms with E-state index in [4.69, 9.17) is 0 Å². The minimum Gasteiger partial charge on any atom is -0.379 e. The van der Waals surface area contributed by atoms with Crippen LogP contribution in [-0.4, -0.2) is 20.8 Å². The van der Waals surface area contributed by atoms with Crippen molar-refractivity contribution < 1.29 is 0 Å². The maximum atomic E-state index is 4.48. The van der Waals surface area contributed by atoms with E-state index >= 15 is 0 Å². The van der Waals surface area contributed by atoms with Gasteiger partial charge in [0.25, 0.3) is 0 Å². The van der Waals surface area contributed by atoms with Crippen molar-refractivity contribution in [2.75, 3.05) is 5.32 Å². The molecule has 2 unspecified atom stereocenters. The van der Waals surface area contributed by atoms with Gasteiger partial charge in [0.2, 0.25) is 0 Å². The summed E-state index contributed by atoms with van der Waals surface area (Å²) in [5, 5.41) is 8.00. The van der Waals surface area contributed by atoms with Gasteiger partial charge in [0.05, 0.1) is 5.69 Å². The monoisotopic (exact) mass is 284 g/mol. The predicted octanol–water partition coefficient (Wildman–Crippen LogP) is 3.89. The summed E-state index contributed by atoms with van der Waals surface area (Å²) >= 11 is 0. The smallest absolute Gasteiger partial charge is 0.176 e. The lowest BCUT2D eigenvalue weighted by Gasteiger charge is -2.40. The van der Waals surface area contributed by atoms with Crippen LogP contribution in [-0.2, 0) is 0 Å². The molecule has 2 aromatic rings. The second-order valence-corrected chi connectivity index (χ2v) is 6.96. The lowest BCUT2D eigenvalue weighted by molar-refractivity contribution is 0.177. The molecule has 1 saturated carbocycles. The molecule has 112 valence electrons. The number of nitrogens with one attached hydrogen (secondary N) is 1. The average molecular weight is 284 g/mol. The van der Waals surface area contributed by atoms with Crippen LogP contribution in [0.15, 0.2) is 36.8 Å². The molecule has 0 spiro atoms. The van der Waals surface area contributed by atoms with Crippen LogP contribution < -0.4 is 5.32 Å². The zero-order valence-corrected chi connectivity index (χ0v) is 13.1. The van der Waals surface area contributed by atoms with Crippen molar-refractivity contribution in [1.29, 1.82) is 0 Å². The molecule has 0 bridgehead atoms. The van der Waals surface area contributed by atoms with Gasteiger partial charge in [-0.2, -0.15) is 5.10 Å². The maximum Gasteiger partial charge on any atom is 0.176 e. The Bertz CT molecular complexity index is 589. The van der Waals surface area contributed by atoms with Crippen molar-refractivity contribution >= 4 is 5.69 Å². The van der Waals surface area contributed by atoms with Crippen molar-refractivity contribution in [3.63, 3.8) is 0 Å². The molecule has 1 aliphatic carbocycles. The second kappa shape index (κ2) is 5.51. The largest absolute Gasteiger partial charge is 0.379 e. The van der Waals surface area contributed by atoms with Crippen molar-refractivity contribution in [3.05, 3.63) is 36.8 Å². The molecule has 0 amide bonds. The van der Waals surface area contributed by atoms with Crippen LogP contribution in [0.4, 0.5) is 5.69 Å². The van der Waals surface area contributed by atoms with Crippen LogP contribution >= 0.6 is 0 Å². The predicted molar refractivity (Wildman–Crippen MR) is 85.6 cm³/mol. The minimum atomic E-state index is 0.470. The first-order valence-electron chi connectivity index (χ1n) is 7.77. The molecule has 1 N–H and O–H groups in total.